The lowest BCUT2D eigenvalue weighted by atomic mass is 10.0. The molecule has 2 aromatic carbocycles. The lowest BCUT2D eigenvalue weighted by molar-refractivity contribution is 0.104. The predicted molar refractivity (Wildman–Crippen MR) is 135 cm³/mol. The Morgan fingerprint density at radius 3 is 2.71 bits per heavy atom. The van der Waals surface area contributed by atoms with Gasteiger partial charge in [0.2, 0.25) is 0 Å². The third-order valence-electron chi connectivity index (χ3n) is 6.69. The van der Waals surface area contributed by atoms with E-state index in [1.165, 1.54) is 0 Å². The number of rotatable bonds is 6. The van der Waals surface area contributed by atoms with Gasteiger partial charge in [-0.3, -0.25) is 4.79 Å². The zero-order chi connectivity index (χ0) is 23.9. The first-order chi connectivity index (χ1) is 17.1. The molecule has 6 rings (SSSR count). The molecule has 3 heterocycles. The Labute approximate surface area is 206 Å². The van der Waals surface area contributed by atoms with E-state index in [-0.39, 0.29) is 11.9 Å². The standard InChI is InChI=1S/C27H23ClN4O3/c1-34-17-8-7-15(11-17)26-31-22-14-30-27-23(24(22)32-26)20(13-29-27)25(33)19-10-9-18(12-21(19)28)35-16-5-3-2-4-6-16/h2-6,9-10,12-15,17H,7-8,11H2,1H3,(H,29,30)(H,31,32)/t15-,17+/m0/s1. The molecule has 176 valence electrons. The maximum atomic E-state index is 13.6. The monoisotopic (exact) mass is 486 g/mol. The highest BCUT2D eigenvalue weighted by molar-refractivity contribution is 6.36. The highest BCUT2D eigenvalue weighted by Crippen LogP contribution is 2.37. The first-order valence-electron chi connectivity index (χ1n) is 11.6. The summed E-state index contributed by atoms with van der Waals surface area (Å²) in [6.45, 7) is 0. The number of nitrogens with one attached hydrogen (secondary N) is 2. The second kappa shape index (κ2) is 8.83. The quantitative estimate of drug-likeness (QED) is 0.271. The van der Waals surface area contributed by atoms with Crippen molar-refractivity contribution in [2.24, 2.45) is 0 Å². The number of carbonyl (C=O) groups excluding carboxylic acids is 1. The lowest BCUT2D eigenvalue weighted by Gasteiger charge is -2.08. The second-order valence-corrected chi connectivity index (χ2v) is 9.23. The van der Waals surface area contributed by atoms with Crippen LogP contribution in [0, 0.1) is 0 Å². The van der Waals surface area contributed by atoms with Crippen molar-refractivity contribution in [1.29, 1.82) is 0 Å². The number of aromatic amines is 2. The maximum absolute atomic E-state index is 13.6. The molecule has 5 aromatic rings. The van der Waals surface area contributed by atoms with Gasteiger partial charge < -0.3 is 19.4 Å². The van der Waals surface area contributed by atoms with Crippen LogP contribution in [0.1, 0.15) is 46.9 Å². The fourth-order valence-corrected chi connectivity index (χ4v) is 5.13. The van der Waals surface area contributed by atoms with Crippen molar-refractivity contribution in [2.75, 3.05) is 7.11 Å². The molecular formula is C27H23ClN4O3. The Bertz CT molecular complexity index is 1540. The van der Waals surface area contributed by atoms with Crippen LogP contribution in [0.5, 0.6) is 11.5 Å². The summed E-state index contributed by atoms with van der Waals surface area (Å²) in [6, 6.07) is 14.5. The summed E-state index contributed by atoms with van der Waals surface area (Å²) >= 11 is 6.54. The number of hydrogen-bond donors (Lipinski definition) is 2. The number of halogens is 1. The van der Waals surface area contributed by atoms with Gasteiger partial charge in [0.05, 0.1) is 33.8 Å². The van der Waals surface area contributed by atoms with E-state index in [2.05, 4.69) is 15.0 Å². The summed E-state index contributed by atoms with van der Waals surface area (Å²) in [5.74, 6) is 2.27. The number of aromatic nitrogens is 4. The Kier molecular flexibility index (Phi) is 5.51. The normalized spacial score (nSPS) is 17.9. The van der Waals surface area contributed by atoms with Crippen LogP contribution in [0.25, 0.3) is 22.1 Å². The molecule has 35 heavy (non-hydrogen) atoms. The average Bonchev–Trinajstić information content (AvgIpc) is 3.61. The van der Waals surface area contributed by atoms with Crippen LogP contribution >= 0.6 is 11.6 Å². The summed E-state index contributed by atoms with van der Waals surface area (Å²) in [4.78, 5) is 29.5. The number of para-hydroxylation sites is 1. The number of carbonyl (C=O) groups is 1. The molecule has 1 saturated carbocycles. The van der Waals surface area contributed by atoms with E-state index in [1.54, 1.807) is 37.7 Å². The van der Waals surface area contributed by atoms with Gasteiger partial charge in [-0.05, 0) is 43.5 Å². The van der Waals surface area contributed by atoms with Crippen molar-refractivity contribution in [2.45, 2.75) is 31.3 Å². The summed E-state index contributed by atoms with van der Waals surface area (Å²) < 4.78 is 11.4. The molecular weight excluding hydrogens is 464 g/mol. The van der Waals surface area contributed by atoms with Crippen LogP contribution in [0.3, 0.4) is 0 Å². The molecule has 2 N–H and O–H groups in total. The molecule has 3 aromatic heterocycles. The number of pyridine rings is 1. The van der Waals surface area contributed by atoms with Gasteiger partial charge in [-0.2, -0.15) is 0 Å². The maximum Gasteiger partial charge on any atom is 0.196 e. The smallest absolute Gasteiger partial charge is 0.196 e. The summed E-state index contributed by atoms with van der Waals surface area (Å²) in [5.41, 5.74) is 3.05. The van der Waals surface area contributed by atoms with E-state index in [0.717, 1.165) is 36.1 Å². The zero-order valence-corrected chi connectivity index (χ0v) is 19.8. The number of fused-ring (bicyclic) bond motifs is 3. The van der Waals surface area contributed by atoms with Crippen LogP contribution in [0.4, 0.5) is 0 Å². The number of ether oxygens (including phenoxy) is 2. The molecule has 0 unspecified atom stereocenters. The molecule has 0 aliphatic heterocycles. The van der Waals surface area contributed by atoms with Crippen molar-refractivity contribution >= 4 is 39.5 Å². The lowest BCUT2D eigenvalue weighted by Crippen LogP contribution is -2.04. The zero-order valence-electron chi connectivity index (χ0n) is 19.0. The number of hydrogen-bond acceptors (Lipinski definition) is 5. The van der Waals surface area contributed by atoms with Gasteiger partial charge in [0.25, 0.3) is 0 Å². The Balaban J connectivity index is 1.35. The molecule has 1 aliphatic carbocycles. The van der Waals surface area contributed by atoms with E-state index < -0.39 is 0 Å². The van der Waals surface area contributed by atoms with Crippen molar-refractivity contribution in [3.05, 3.63) is 82.9 Å². The van der Waals surface area contributed by atoms with Crippen molar-refractivity contribution in [3.63, 3.8) is 0 Å². The molecule has 0 bridgehead atoms. The van der Waals surface area contributed by atoms with Crippen LogP contribution in [0.15, 0.2) is 60.9 Å². The average molecular weight is 487 g/mol. The van der Waals surface area contributed by atoms with Crippen LogP contribution < -0.4 is 4.74 Å². The Morgan fingerprint density at radius 1 is 1.09 bits per heavy atom. The fourth-order valence-electron chi connectivity index (χ4n) is 4.87. The molecule has 7 nitrogen and oxygen atoms in total. The summed E-state index contributed by atoms with van der Waals surface area (Å²) in [5, 5.41) is 1.04. The number of H-pyrrole nitrogens is 2. The third-order valence-corrected chi connectivity index (χ3v) is 7.00. The van der Waals surface area contributed by atoms with E-state index in [0.29, 0.717) is 44.6 Å². The molecule has 2 atom stereocenters. The topological polar surface area (TPSA) is 92.9 Å². The van der Waals surface area contributed by atoms with Gasteiger partial charge in [-0.1, -0.05) is 29.8 Å². The fraction of sp³-hybridized carbons (Fsp3) is 0.222. The number of imidazole rings is 1. The second-order valence-electron chi connectivity index (χ2n) is 8.82. The van der Waals surface area contributed by atoms with Gasteiger partial charge in [0.1, 0.15) is 28.5 Å². The van der Waals surface area contributed by atoms with Crippen LogP contribution in [0.2, 0.25) is 5.02 Å². The van der Waals surface area contributed by atoms with Gasteiger partial charge in [0, 0.05) is 30.9 Å². The molecule has 0 saturated heterocycles. The minimum atomic E-state index is -0.196. The molecule has 8 heteroatoms. The first kappa shape index (κ1) is 21.8. The Morgan fingerprint density at radius 2 is 1.94 bits per heavy atom. The SMILES string of the molecule is CO[C@@H]1CC[C@H](c2nc3cnc4[nH]cc(C(=O)c5ccc(Oc6ccccc6)cc5Cl)c4c3[nH]2)C1. The number of nitrogens with zero attached hydrogens (tertiary/aromatic N) is 2. The molecule has 1 fully saturated rings. The Hall–Kier alpha value is -3.68. The number of ketones is 1. The minimum absolute atomic E-state index is 0.196. The predicted octanol–water partition coefficient (Wildman–Crippen LogP) is 6.40. The minimum Gasteiger partial charge on any atom is -0.457 e. The van der Waals surface area contributed by atoms with Gasteiger partial charge in [-0.25, -0.2) is 9.97 Å². The summed E-state index contributed by atoms with van der Waals surface area (Å²) in [6.07, 6.45) is 6.63. The third kappa shape index (κ3) is 3.96. The van der Waals surface area contributed by atoms with Crippen molar-refractivity contribution in [1.82, 2.24) is 19.9 Å². The molecule has 0 radical (unpaired) electrons. The highest BCUT2D eigenvalue weighted by atomic mass is 35.5. The number of benzene rings is 2. The van der Waals surface area contributed by atoms with E-state index >= 15 is 0 Å². The van der Waals surface area contributed by atoms with Crippen molar-refractivity contribution in [3.8, 4) is 11.5 Å². The highest BCUT2D eigenvalue weighted by Gasteiger charge is 2.29. The van der Waals surface area contributed by atoms with Gasteiger partial charge >= 0.3 is 0 Å². The summed E-state index contributed by atoms with van der Waals surface area (Å²) in [7, 11) is 1.75. The van der Waals surface area contributed by atoms with E-state index in [9.17, 15) is 4.79 Å². The molecule has 1 aliphatic rings. The number of methoxy groups -OCH3 is 1. The first-order valence-corrected chi connectivity index (χ1v) is 11.9. The van der Waals surface area contributed by atoms with Crippen LogP contribution in [-0.2, 0) is 4.74 Å². The van der Waals surface area contributed by atoms with E-state index in [1.807, 2.05) is 30.3 Å². The molecule has 0 amide bonds. The van der Waals surface area contributed by atoms with Crippen molar-refractivity contribution < 1.29 is 14.3 Å². The van der Waals surface area contributed by atoms with Gasteiger partial charge in [-0.15, -0.1) is 0 Å². The molecule has 0 spiro atoms. The van der Waals surface area contributed by atoms with E-state index in [4.69, 9.17) is 26.1 Å². The van der Waals surface area contributed by atoms with Gasteiger partial charge in [0.15, 0.2) is 5.78 Å². The largest absolute Gasteiger partial charge is 0.457 e. The van der Waals surface area contributed by atoms with Crippen LogP contribution in [-0.4, -0.2) is 38.9 Å².